The Labute approximate surface area is 121 Å². The molecule has 1 atom stereocenters. The molecule has 7 nitrogen and oxygen atoms in total. The predicted molar refractivity (Wildman–Crippen MR) is 76.0 cm³/mol. The maximum atomic E-state index is 11.6. The summed E-state index contributed by atoms with van der Waals surface area (Å²) in [6.45, 7) is -0.340. The summed E-state index contributed by atoms with van der Waals surface area (Å²) in [5, 5.41) is 9.05. The minimum Gasteiger partial charge on any atom is -0.480 e. The van der Waals surface area contributed by atoms with Crippen molar-refractivity contribution in [2.45, 2.75) is 12.5 Å². The Morgan fingerprint density at radius 3 is 2.81 bits per heavy atom. The molecule has 1 N–H and O–H groups in total. The van der Waals surface area contributed by atoms with E-state index in [1.807, 2.05) is 0 Å². The van der Waals surface area contributed by atoms with Crippen molar-refractivity contribution in [3.05, 3.63) is 24.3 Å². The SMILES string of the molecule is O=C(O)CN(c1nc2ccccc2o1)C1CCS(=O)(=O)C1. The zero-order valence-corrected chi connectivity index (χ0v) is 11.9. The first-order chi connectivity index (χ1) is 9.94. The molecule has 0 saturated carbocycles. The molecule has 1 aliphatic heterocycles. The summed E-state index contributed by atoms with van der Waals surface area (Å²) in [6.07, 6.45) is 0.383. The highest BCUT2D eigenvalue weighted by molar-refractivity contribution is 7.91. The number of carboxylic acid groups (broad SMARTS) is 1. The molecule has 2 heterocycles. The average Bonchev–Trinajstić information content (AvgIpc) is 2.98. The van der Waals surface area contributed by atoms with Gasteiger partial charge in [0.2, 0.25) is 0 Å². The molecule has 0 amide bonds. The number of hydrogen-bond acceptors (Lipinski definition) is 6. The summed E-state index contributed by atoms with van der Waals surface area (Å²) < 4.78 is 28.8. The van der Waals surface area contributed by atoms with Crippen LogP contribution in [0.3, 0.4) is 0 Å². The number of nitrogens with zero attached hydrogens (tertiary/aromatic N) is 2. The van der Waals surface area contributed by atoms with E-state index in [9.17, 15) is 13.2 Å². The molecule has 1 aromatic heterocycles. The van der Waals surface area contributed by atoms with Crippen molar-refractivity contribution in [3.8, 4) is 0 Å². The summed E-state index contributed by atoms with van der Waals surface area (Å²) >= 11 is 0. The van der Waals surface area contributed by atoms with Crippen molar-refractivity contribution < 1.29 is 22.7 Å². The third kappa shape index (κ3) is 2.85. The topological polar surface area (TPSA) is 101 Å². The van der Waals surface area contributed by atoms with Crippen LogP contribution in [0.5, 0.6) is 0 Å². The van der Waals surface area contributed by atoms with Crippen LogP contribution in [0.2, 0.25) is 0 Å². The van der Waals surface area contributed by atoms with Crippen molar-refractivity contribution in [1.29, 1.82) is 0 Å². The molecule has 0 spiro atoms. The Morgan fingerprint density at radius 2 is 2.19 bits per heavy atom. The number of fused-ring (bicyclic) bond motifs is 1. The normalized spacial score (nSPS) is 20.7. The summed E-state index contributed by atoms with van der Waals surface area (Å²) in [4.78, 5) is 16.7. The highest BCUT2D eigenvalue weighted by atomic mass is 32.2. The molecule has 1 saturated heterocycles. The van der Waals surface area contributed by atoms with Crippen molar-refractivity contribution >= 4 is 32.9 Å². The third-order valence-electron chi connectivity index (χ3n) is 3.48. The average molecular weight is 310 g/mol. The molecule has 3 rings (SSSR count). The lowest BCUT2D eigenvalue weighted by Crippen LogP contribution is -2.40. The number of sulfone groups is 1. The van der Waals surface area contributed by atoms with Gasteiger partial charge in [0, 0.05) is 6.04 Å². The molecule has 0 bridgehead atoms. The van der Waals surface area contributed by atoms with Crippen molar-refractivity contribution in [3.63, 3.8) is 0 Å². The lowest BCUT2D eigenvalue weighted by molar-refractivity contribution is -0.135. The van der Waals surface area contributed by atoms with Gasteiger partial charge >= 0.3 is 5.97 Å². The molecule has 0 aliphatic carbocycles. The largest absolute Gasteiger partial charge is 0.480 e. The zero-order chi connectivity index (χ0) is 15.0. The van der Waals surface area contributed by atoms with Crippen molar-refractivity contribution in [1.82, 2.24) is 4.98 Å². The van der Waals surface area contributed by atoms with Crippen LogP contribution in [-0.2, 0) is 14.6 Å². The van der Waals surface area contributed by atoms with E-state index in [1.165, 1.54) is 4.90 Å². The second-order valence-electron chi connectivity index (χ2n) is 5.04. The van der Waals surface area contributed by atoms with Crippen LogP contribution < -0.4 is 4.90 Å². The molecule has 1 aromatic carbocycles. The molecule has 112 valence electrons. The minimum atomic E-state index is -3.12. The lowest BCUT2D eigenvalue weighted by atomic mass is 10.2. The van der Waals surface area contributed by atoms with E-state index in [1.54, 1.807) is 24.3 Å². The third-order valence-corrected chi connectivity index (χ3v) is 5.23. The molecular weight excluding hydrogens is 296 g/mol. The number of aromatic nitrogens is 1. The van der Waals surface area contributed by atoms with Crippen LogP contribution >= 0.6 is 0 Å². The number of oxazole rings is 1. The number of para-hydroxylation sites is 2. The number of anilines is 1. The fourth-order valence-electron chi connectivity index (χ4n) is 2.50. The van der Waals surface area contributed by atoms with Gasteiger partial charge < -0.3 is 14.4 Å². The molecule has 0 radical (unpaired) electrons. The second kappa shape index (κ2) is 5.03. The summed E-state index contributed by atoms with van der Waals surface area (Å²) in [5.74, 6) is -1.06. The quantitative estimate of drug-likeness (QED) is 0.895. The monoisotopic (exact) mass is 310 g/mol. The lowest BCUT2D eigenvalue weighted by Gasteiger charge is -2.24. The molecule has 1 unspecified atom stereocenters. The number of benzene rings is 1. The first kappa shape index (κ1) is 13.9. The van der Waals surface area contributed by atoms with Gasteiger partial charge in [0.15, 0.2) is 15.4 Å². The Hall–Kier alpha value is -2.09. The molecule has 1 fully saturated rings. The van der Waals surface area contributed by atoms with Gasteiger partial charge in [-0.1, -0.05) is 12.1 Å². The fraction of sp³-hybridized carbons (Fsp3) is 0.385. The van der Waals surface area contributed by atoms with E-state index in [0.29, 0.717) is 17.5 Å². The van der Waals surface area contributed by atoms with Crippen molar-refractivity contribution in [2.75, 3.05) is 23.0 Å². The van der Waals surface area contributed by atoms with Crippen LogP contribution in [0.25, 0.3) is 11.1 Å². The van der Waals surface area contributed by atoms with E-state index in [-0.39, 0.29) is 24.1 Å². The van der Waals surface area contributed by atoms with Crippen LogP contribution in [0, 0.1) is 0 Å². The summed E-state index contributed by atoms with van der Waals surface area (Å²) in [7, 11) is -3.12. The van der Waals surface area contributed by atoms with Crippen LogP contribution in [-0.4, -0.2) is 48.6 Å². The first-order valence-electron chi connectivity index (χ1n) is 6.49. The Bertz CT molecular complexity index is 750. The van der Waals surface area contributed by atoms with Gasteiger partial charge in [0.05, 0.1) is 11.5 Å². The van der Waals surface area contributed by atoms with Gasteiger partial charge in [0.25, 0.3) is 6.01 Å². The predicted octanol–water partition coefficient (Wildman–Crippen LogP) is 0.906. The van der Waals surface area contributed by atoms with Gasteiger partial charge in [-0.2, -0.15) is 4.98 Å². The van der Waals surface area contributed by atoms with E-state index >= 15 is 0 Å². The van der Waals surface area contributed by atoms with E-state index in [0.717, 1.165) is 0 Å². The minimum absolute atomic E-state index is 0.0635. The maximum absolute atomic E-state index is 11.6. The highest BCUT2D eigenvalue weighted by Crippen LogP contribution is 2.27. The van der Waals surface area contributed by atoms with E-state index < -0.39 is 21.8 Å². The van der Waals surface area contributed by atoms with Gasteiger partial charge in [-0.15, -0.1) is 0 Å². The smallest absolute Gasteiger partial charge is 0.323 e. The summed E-state index contributed by atoms with van der Waals surface area (Å²) in [6, 6.07) is 6.82. The Morgan fingerprint density at radius 1 is 1.43 bits per heavy atom. The number of aliphatic carboxylic acids is 1. The zero-order valence-electron chi connectivity index (χ0n) is 11.1. The number of carbonyl (C=O) groups is 1. The standard InChI is InChI=1S/C13H14N2O5S/c16-12(17)7-15(9-5-6-21(18,19)8-9)13-14-10-3-1-2-4-11(10)20-13/h1-4,9H,5-8H2,(H,16,17). The maximum Gasteiger partial charge on any atom is 0.323 e. The first-order valence-corrected chi connectivity index (χ1v) is 8.31. The second-order valence-corrected chi connectivity index (χ2v) is 7.27. The van der Waals surface area contributed by atoms with E-state index in [2.05, 4.69) is 4.98 Å². The van der Waals surface area contributed by atoms with Gasteiger partial charge in [0.1, 0.15) is 12.1 Å². The fourth-order valence-corrected chi connectivity index (χ4v) is 4.23. The number of rotatable bonds is 4. The number of carboxylic acids is 1. The van der Waals surface area contributed by atoms with Crippen molar-refractivity contribution in [2.24, 2.45) is 0 Å². The molecule has 8 heteroatoms. The van der Waals surface area contributed by atoms with Crippen LogP contribution in [0.15, 0.2) is 28.7 Å². The molecule has 1 aliphatic rings. The number of hydrogen-bond donors (Lipinski definition) is 1. The van der Waals surface area contributed by atoms with Gasteiger partial charge in [-0.25, -0.2) is 8.42 Å². The molecule has 2 aromatic rings. The Balaban J connectivity index is 1.97. The van der Waals surface area contributed by atoms with Gasteiger partial charge in [-0.3, -0.25) is 4.79 Å². The van der Waals surface area contributed by atoms with Gasteiger partial charge in [-0.05, 0) is 18.6 Å². The van der Waals surface area contributed by atoms with Crippen LogP contribution in [0.4, 0.5) is 6.01 Å². The molecular formula is C13H14N2O5S. The molecule has 21 heavy (non-hydrogen) atoms. The highest BCUT2D eigenvalue weighted by Gasteiger charge is 2.35. The summed E-state index contributed by atoms with van der Waals surface area (Å²) in [5.41, 5.74) is 1.16. The van der Waals surface area contributed by atoms with E-state index in [4.69, 9.17) is 9.52 Å². The van der Waals surface area contributed by atoms with Crippen LogP contribution in [0.1, 0.15) is 6.42 Å². The Kier molecular flexibility index (Phi) is 3.32.